The SMILES string of the molecule is O=C(c1ccccc1Cl)c1ncc(Cl)cc1NS(=O)(=O)c1cccc(Cl)c1. The Balaban J connectivity index is 2.05. The van der Waals surface area contributed by atoms with Crippen LogP contribution in [0.2, 0.25) is 15.1 Å². The van der Waals surface area contributed by atoms with E-state index >= 15 is 0 Å². The molecule has 0 bridgehead atoms. The topological polar surface area (TPSA) is 76.1 Å². The Kier molecular flexibility index (Phi) is 5.72. The fraction of sp³-hybridized carbons (Fsp3) is 0. The number of aromatic nitrogens is 1. The maximum absolute atomic E-state index is 12.8. The van der Waals surface area contributed by atoms with E-state index in [-0.39, 0.29) is 36.9 Å². The van der Waals surface area contributed by atoms with E-state index in [9.17, 15) is 13.2 Å². The maximum Gasteiger partial charge on any atom is 0.262 e. The summed E-state index contributed by atoms with van der Waals surface area (Å²) in [7, 11) is -4.02. The molecule has 0 fully saturated rings. The average Bonchev–Trinajstić information content (AvgIpc) is 2.61. The number of hydrogen-bond acceptors (Lipinski definition) is 4. The molecule has 5 nitrogen and oxygen atoms in total. The third-order valence-electron chi connectivity index (χ3n) is 3.54. The van der Waals surface area contributed by atoms with E-state index in [2.05, 4.69) is 9.71 Å². The van der Waals surface area contributed by atoms with Gasteiger partial charge in [-0.1, -0.05) is 53.0 Å². The molecule has 9 heteroatoms. The van der Waals surface area contributed by atoms with Gasteiger partial charge in [-0.25, -0.2) is 13.4 Å². The lowest BCUT2D eigenvalue weighted by Crippen LogP contribution is -2.17. The molecule has 0 aliphatic heterocycles. The van der Waals surface area contributed by atoms with Crippen molar-refractivity contribution in [2.75, 3.05) is 4.72 Å². The molecule has 0 saturated heterocycles. The summed E-state index contributed by atoms with van der Waals surface area (Å²) >= 11 is 17.9. The lowest BCUT2D eigenvalue weighted by Gasteiger charge is -2.12. The van der Waals surface area contributed by atoms with E-state index in [0.717, 1.165) is 0 Å². The number of halogens is 3. The van der Waals surface area contributed by atoms with Gasteiger partial charge in [-0.05, 0) is 36.4 Å². The van der Waals surface area contributed by atoms with Gasteiger partial charge in [-0.2, -0.15) is 0 Å². The van der Waals surface area contributed by atoms with Gasteiger partial charge in [0.15, 0.2) is 0 Å². The number of carbonyl (C=O) groups is 1. The molecule has 3 rings (SSSR count). The van der Waals surface area contributed by atoms with Crippen molar-refractivity contribution in [3.63, 3.8) is 0 Å². The van der Waals surface area contributed by atoms with Crippen LogP contribution in [0.15, 0.2) is 65.7 Å². The highest BCUT2D eigenvalue weighted by Crippen LogP contribution is 2.27. The van der Waals surface area contributed by atoms with Crippen LogP contribution in [0.4, 0.5) is 5.69 Å². The number of sulfonamides is 1. The van der Waals surface area contributed by atoms with Crippen molar-refractivity contribution in [1.29, 1.82) is 0 Å². The zero-order chi connectivity index (χ0) is 19.6. The molecule has 2 aromatic carbocycles. The summed E-state index contributed by atoms with van der Waals surface area (Å²) in [4.78, 5) is 16.8. The second-order valence-corrected chi connectivity index (χ2v) is 8.38. The summed E-state index contributed by atoms with van der Waals surface area (Å²) in [5, 5.41) is 0.645. The molecule has 0 unspecified atom stereocenters. The van der Waals surface area contributed by atoms with Crippen LogP contribution in [0.1, 0.15) is 16.1 Å². The fourth-order valence-corrected chi connectivity index (χ4v) is 4.05. The second kappa shape index (κ2) is 7.86. The van der Waals surface area contributed by atoms with E-state index < -0.39 is 15.8 Å². The monoisotopic (exact) mass is 440 g/mol. The van der Waals surface area contributed by atoms with Gasteiger partial charge >= 0.3 is 0 Å². The highest BCUT2D eigenvalue weighted by atomic mass is 35.5. The first kappa shape index (κ1) is 19.6. The van der Waals surface area contributed by atoms with Crippen molar-refractivity contribution in [1.82, 2.24) is 4.98 Å². The Morgan fingerprint density at radius 2 is 1.67 bits per heavy atom. The van der Waals surface area contributed by atoms with Crippen LogP contribution in [0, 0.1) is 0 Å². The van der Waals surface area contributed by atoms with Crippen LogP contribution in [0.5, 0.6) is 0 Å². The number of ketones is 1. The zero-order valence-corrected chi connectivity index (χ0v) is 16.6. The zero-order valence-electron chi connectivity index (χ0n) is 13.5. The molecule has 0 atom stereocenters. The summed E-state index contributed by atoms with van der Waals surface area (Å²) in [6.07, 6.45) is 1.25. The van der Waals surface area contributed by atoms with Crippen molar-refractivity contribution in [2.45, 2.75) is 4.90 Å². The standard InChI is InChI=1S/C18H11Cl3N2O3S/c19-11-4-3-5-13(8-11)27(25,26)23-16-9-12(20)10-22-17(16)18(24)14-6-1-2-7-15(14)21/h1-10,23H. The molecule has 0 aliphatic rings. The van der Waals surface area contributed by atoms with Crippen LogP contribution in [-0.4, -0.2) is 19.2 Å². The number of rotatable bonds is 5. The Bertz CT molecular complexity index is 1130. The highest BCUT2D eigenvalue weighted by Gasteiger charge is 2.22. The summed E-state index contributed by atoms with van der Waals surface area (Å²) < 4.78 is 27.7. The van der Waals surface area contributed by atoms with E-state index in [1.54, 1.807) is 24.3 Å². The van der Waals surface area contributed by atoms with Crippen molar-refractivity contribution < 1.29 is 13.2 Å². The Hall–Kier alpha value is -2.12. The Morgan fingerprint density at radius 1 is 0.926 bits per heavy atom. The van der Waals surface area contributed by atoms with E-state index in [0.29, 0.717) is 0 Å². The molecule has 1 N–H and O–H groups in total. The summed E-state index contributed by atoms with van der Waals surface area (Å²) in [5.41, 5.74) is 0.00249. The van der Waals surface area contributed by atoms with Crippen LogP contribution >= 0.6 is 34.8 Å². The van der Waals surface area contributed by atoms with E-state index in [1.807, 2.05) is 0 Å². The van der Waals surface area contributed by atoms with Gasteiger partial charge in [0.1, 0.15) is 5.69 Å². The number of anilines is 1. The maximum atomic E-state index is 12.8. The molecule has 138 valence electrons. The lowest BCUT2D eigenvalue weighted by atomic mass is 10.1. The van der Waals surface area contributed by atoms with Crippen molar-refractivity contribution in [3.05, 3.63) is 87.1 Å². The molecule has 27 heavy (non-hydrogen) atoms. The molecule has 0 amide bonds. The third kappa shape index (κ3) is 4.42. The summed E-state index contributed by atoms with van der Waals surface area (Å²) in [5.74, 6) is -0.541. The van der Waals surface area contributed by atoms with Gasteiger partial charge in [-0.3, -0.25) is 9.52 Å². The highest BCUT2D eigenvalue weighted by molar-refractivity contribution is 7.92. The number of hydrogen-bond donors (Lipinski definition) is 1. The second-order valence-electron chi connectivity index (χ2n) is 5.42. The number of nitrogens with zero attached hydrogens (tertiary/aromatic N) is 1. The largest absolute Gasteiger partial charge is 0.287 e. The molecule has 1 heterocycles. The molecule has 0 saturated carbocycles. The van der Waals surface area contributed by atoms with Gasteiger partial charge in [0.2, 0.25) is 5.78 Å². The minimum absolute atomic E-state index is 0.0626. The van der Waals surface area contributed by atoms with Crippen molar-refractivity contribution in [2.24, 2.45) is 0 Å². The van der Waals surface area contributed by atoms with Crippen LogP contribution < -0.4 is 4.72 Å². The van der Waals surface area contributed by atoms with Crippen LogP contribution in [0.25, 0.3) is 0 Å². The van der Waals surface area contributed by atoms with Crippen molar-refractivity contribution >= 4 is 56.3 Å². The first-order chi connectivity index (χ1) is 12.8. The minimum atomic E-state index is -4.02. The average molecular weight is 442 g/mol. The predicted octanol–water partition coefficient (Wildman–Crippen LogP) is 5.07. The van der Waals surface area contributed by atoms with Gasteiger partial charge in [0.05, 0.1) is 20.6 Å². The molecule has 0 spiro atoms. The number of nitrogens with one attached hydrogen (secondary N) is 1. The first-order valence-corrected chi connectivity index (χ1v) is 10.1. The Labute approximate surface area is 171 Å². The molecule has 1 aromatic heterocycles. The number of carbonyl (C=O) groups excluding carboxylic acids is 1. The van der Waals surface area contributed by atoms with E-state index in [4.69, 9.17) is 34.8 Å². The number of pyridine rings is 1. The third-order valence-corrected chi connectivity index (χ3v) is 5.67. The molecule has 0 radical (unpaired) electrons. The number of benzene rings is 2. The normalized spacial score (nSPS) is 11.2. The minimum Gasteiger partial charge on any atom is -0.287 e. The molecular weight excluding hydrogens is 431 g/mol. The smallest absolute Gasteiger partial charge is 0.262 e. The fourth-order valence-electron chi connectivity index (χ4n) is 2.31. The van der Waals surface area contributed by atoms with Gasteiger partial charge in [0, 0.05) is 16.8 Å². The lowest BCUT2D eigenvalue weighted by molar-refractivity contribution is 0.103. The van der Waals surface area contributed by atoms with Gasteiger partial charge < -0.3 is 0 Å². The Morgan fingerprint density at radius 3 is 2.37 bits per heavy atom. The van der Waals surface area contributed by atoms with Crippen molar-refractivity contribution in [3.8, 4) is 0 Å². The summed E-state index contributed by atoms with van der Waals surface area (Å²) in [6.45, 7) is 0. The molecular formula is C18H11Cl3N2O3S. The van der Waals surface area contributed by atoms with Gasteiger partial charge in [-0.15, -0.1) is 0 Å². The van der Waals surface area contributed by atoms with Gasteiger partial charge in [0.25, 0.3) is 10.0 Å². The van der Waals surface area contributed by atoms with Crippen LogP contribution in [0.3, 0.4) is 0 Å². The predicted molar refractivity (Wildman–Crippen MR) is 106 cm³/mol. The molecule has 0 aliphatic carbocycles. The van der Waals surface area contributed by atoms with Crippen LogP contribution in [-0.2, 0) is 10.0 Å². The quantitative estimate of drug-likeness (QED) is 0.561. The van der Waals surface area contributed by atoms with E-state index in [1.165, 1.54) is 36.5 Å². The summed E-state index contributed by atoms with van der Waals surface area (Å²) in [6, 6.07) is 13.4. The first-order valence-electron chi connectivity index (χ1n) is 7.51. The molecule has 3 aromatic rings.